The van der Waals surface area contributed by atoms with Gasteiger partial charge in [-0.05, 0) is 41.5 Å². The Kier molecular flexibility index (Phi) is 8.82. The van der Waals surface area contributed by atoms with Gasteiger partial charge in [-0.3, -0.25) is 9.59 Å². The van der Waals surface area contributed by atoms with Crippen molar-refractivity contribution in [3.05, 3.63) is 94.9 Å². The first kappa shape index (κ1) is 26.7. The monoisotopic (exact) mass is 508 g/mol. The summed E-state index contributed by atoms with van der Waals surface area (Å²) in [6.45, 7) is 0. The molecule has 0 saturated carbocycles. The lowest BCUT2D eigenvalue weighted by atomic mass is 10.1. The molecule has 9 nitrogen and oxygen atoms in total. The standard InChI is InChI=1S/C27H25FN2O7/c1-35-21-14-18(15-22(36-2)24(21)37-3)25(31)29-20(13-16-9-11-19(28)12-10-16)26(32)30-23(27(33)34)17-7-5-4-6-8-17/h4-15,23H,1-3H3,(H,29,31)(H,30,32)(H,33,34)/b20-13+/t23-/m1/s1. The molecule has 0 unspecified atom stereocenters. The number of hydrogen-bond donors (Lipinski definition) is 3. The second-order valence-electron chi connectivity index (χ2n) is 7.63. The summed E-state index contributed by atoms with van der Waals surface area (Å²) in [5.74, 6) is -2.66. The third-order valence-corrected chi connectivity index (χ3v) is 5.26. The number of halogens is 1. The van der Waals surface area contributed by atoms with Crippen molar-refractivity contribution in [2.24, 2.45) is 0 Å². The summed E-state index contributed by atoms with van der Waals surface area (Å²) in [6.07, 6.45) is 1.30. The van der Waals surface area contributed by atoms with Crippen LogP contribution in [0.15, 0.2) is 72.4 Å². The number of amides is 2. The van der Waals surface area contributed by atoms with E-state index in [9.17, 15) is 23.9 Å². The van der Waals surface area contributed by atoms with Crippen molar-refractivity contribution in [1.82, 2.24) is 10.6 Å². The summed E-state index contributed by atoms with van der Waals surface area (Å²) in [4.78, 5) is 38.3. The number of ether oxygens (including phenoxy) is 3. The average molecular weight is 509 g/mol. The van der Waals surface area contributed by atoms with Crippen LogP contribution >= 0.6 is 0 Å². The van der Waals surface area contributed by atoms with Gasteiger partial charge >= 0.3 is 5.97 Å². The summed E-state index contributed by atoms with van der Waals surface area (Å²) in [5.41, 5.74) is 0.529. The van der Waals surface area contributed by atoms with Gasteiger partial charge in [0, 0.05) is 5.56 Å². The van der Waals surface area contributed by atoms with Gasteiger partial charge in [0.15, 0.2) is 17.5 Å². The molecule has 0 radical (unpaired) electrons. The van der Waals surface area contributed by atoms with E-state index in [2.05, 4.69) is 10.6 Å². The molecule has 10 heteroatoms. The molecule has 0 aliphatic rings. The minimum absolute atomic E-state index is 0.0742. The maximum Gasteiger partial charge on any atom is 0.330 e. The van der Waals surface area contributed by atoms with Gasteiger partial charge in [-0.1, -0.05) is 42.5 Å². The molecular weight excluding hydrogens is 483 g/mol. The van der Waals surface area contributed by atoms with Crippen molar-refractivity contribution in [1.29, 1.82) is 0 Å². The highest BCUT2D eigenvalue weighted by Crippen LogP contribution is 2.38. The number of carbonyl (C=O) groups excluding carboxylic acids is 2. The number of carboxylic acids is 1. The second-order valence-corrected chi connectivity index (χ2v) is 7.63. The lowest BCUT2D eigenvalue weighted by Gasteiger charge is -2.18. The Hall–Kier alpha value is -4.86. The van der Waals surface area contributed by atoms with Gasteiger partial charge in [-0.25, -0.2) is 9.18 Å². The van der Waals surface area contributed by atoms with E-state index in [0.29, 0.717) is 11.1 Å². The summed E-state index contributed by atoms with van der Waals surface area (Å²) >= 11 is 0. The summed E-state index contributed by atoms with van der Waals surface area (Å²) < 4.78 is 29.2. The minimum atomic E-state index is -1.39. The van der Waals surface area contributed by atoms with Gasteiger partial charge in [0.1, 0.15) is 11.5 Å². The summed E-state index contributed by atoms with van der Waals surface area (Å²) in [7, 11) is 4.20. The van der Waals surface area contributed by atoms with E-state index in [4.69, 9.17) is 14.2 Å². The zero-order valence-corrected chi connectivity index (χ0v) is 20.3. The fourth-order valence-electron chi connectivity index (χ4n) is 3.43. The molecule has 3 aromatic carbocycles. The van der Waals surface area contributed by atoms with Crippen LogP contribution in [-0.2, 0) is 9.59 Å². The Morgan fingerprint density at radius 3 is 2.00 bits per heavy atom. The molecule has 0 fully saturated rings. The van der Waals surface area contributed by atoms with Gasteiger partial charge in [0.25, 0.3) is 11.8 Å². The molecule has 0 aliphatic carbocycles. The third kappa shape index (κ3) is 6.63. The number of hydrogen-bond acceptors (Lipinski definition) is 6. The molecule has 192 valence electrons. The van der Waals surface area contributed by atoms with Crippen LogP contribution < -0.4 is 24.8 Å². The van der Waals surface area contributed by atoms with Gasteiger partial charge in [-0.15, -0.1) is 0 Å². The van der Waals surface area contributed by atoms with Gasteiger partial charge in [-0.2, -0.15) is 0 Å². The van der Waals surface area contributed by atoms with Crippen LogP contribution in [-0.4, -0.2) is 44.2 Å². The molecule has 0 saturated heterocycles. The number of methoxy groups -OCH3 is 3. The Morgan fingerprint density at radius 2 is 1.49 bits per heavy atom. The Bertz CT molecular complexity index is 1280. The van der Waals surface area contributed by atoms with E-state index in [-0.39, 0.29) is 28.5 Å². The molecule has 2 amide bonds. The normalized spacial score (nSPS) is 11.7. The van der Waals surface area contributed by atoms with Crippen LogP contribution in [0.25, 0.3) is 6.08 Å². The number of carbonyl (C=O) groups is 3. The minimum Gasteiger partial charge on any atom is -0.493 e. The number of aliphatic carboxylic acids is 1. The first-order valence-corrected chi connectivity index (χ1v) is 10.9. The first-order valence-electron chi connectivity index (χ1n) is 10.9. The Labute approximate surface area is 212 Å². The molecule has 0 aromatic heterocycles. The highest BCUT2D eigenvalue weighted by molar-refractivity contribution is 6.06. The maximum absolute atomic E-state index is 13.4. The van der Waals surface area contributed by atoms with Crippen LogP contribution in [0.1, 0.15) is 27.5 Å². The molecule has 1 atom stereocenters. The fraction of sp³-hybridized carbons (Fsp3) is 0.148. The number of nitrogens with one attached hydrogen (secondary N) is 2. The molecule has 0 aliphatic heterocycles. The van der Waals surface area contributed by atoms with E-state index in [0.717, 1.165) is 0 Å². The van der Waals surface area contributed by atoms with E-state index < -0.39 is 29.6 Å². The lowest BCUT2D eigenvalue weighted by Crippen LogP contribution is -2.39. The molecule has 3 rings (SSSR count). The van der Waals surface area contributed by atoms with Gasteiger partial charge in [0.05, 0.1) is 21.3 Å². The molecule has 37 heavy (non-hydrogen) atoms. The van der Waals surface area contributed by atoms with Crippen LogP contribution in [0, 0.1) is 5.82 Å². The van der Waals surface area contributed by atoms with E-state index in [1.54, 1.807) is 30.3 Å². The molecule has 3 N–H and O–H groups in total. The van der Waals surface area contributed by atoms with E-state index >= 15 is 0 Å². The van der Waals surface area contributed by atoms with Crippen molar-refractivity contribution >= 4 is 23.9 Å². The van der Waals surface area contributed by atoms with Crippen LogP contribution in [0.5, 0.6) is 17.2 Å². The second kappa shape index (κ2) is 12.2. The first-order chi connectivity index (χ1) is 17.8. The predicted molar refractivity (Wildman–Crippen MR) is 133 cm³/mol. The third-order valence-electron chi connectivity index (χ3n) is 5.26. The van der Waals surface area contributed by atoms with Gasteiger partial charge in [0.2, 0.25) is 5.75 Å². The van der Waals surface area contributed by atoms with Gasteiger partial charge < -0.3 is 30.0 Å². The highest BCUT2D eigenvalue weighted by Gasteiger charge is 2.25. The highest BCUT2D eigenvalue weighted by atomic mass is 19.1. The van der Waals surface area contributed by atoms with Crippen molar-refractivity contribution in [2.45, 2.75) is 6.04 Å². The number of benzene rings is 3. The van der Waals surface area contributed by atoms with Crippen molar-refractivity contribution in [3.8, 4) is 17.2 Å². The molecule has 3 aromatic rings. The Morgan fingerprint density at radius 1 is 0.892 bits per heavy atom. The SMILES string of the molecule is COc1cc(C(=O)N/C(=C/c2ccc(F)cc2)C(=O)N[C@@H](C(=O)O)c2ccccc2)cc(OC)c1OC. The smallest absolute Gasteiger partial charge is 0.330 e. The zero-order valence-electron chi connectivity index (χ0n) is 20.3. The Balaban J connectivity index is 1.98. The quantitative estimate of drug-likeness (QED) is 0.358. The van der Waals surface area contributed by atoms with E-state index in [1.165, 1.54) is 63.8 Å². The molecule has 0 heterocycles. The summed E-state index contributed by atoms with van der Waals surface area (Å²) in [6, 6.07) is 14.7. The number of carboxylic acid groups (broad SMARTS) is 1. The average Bonchev–Trinajstić information content (AvgIpc) is 2.91. The predicted octanol–water partition coefficient (Wildman–Crippen LogP) is 3.56. The molecule has 0 spiro atoms. The lowest BCUT2D eigenvalue weighted by molar-refractivity contribution is -0.141. The van der Waals surface area contributed by atoms with Crippen LogP contribution in [0.4, 0.5) is 4.39 Å². The molecule has 0 bridgehead atoms. The maximum atomic E-state index is 13.4. The van der Waals surface area contributed by atoms with Crippen molar-refractivity contribution in [2.75, 3.05) is 21.3 Å². The number of rotatable bonds is 10. The largest absolute Gasteiger partial charge is 0.493 e. The topological polar surface area (TPSA) is 123 Å². The zero-order chi connectivity index (χ0) is 26.9. The fourth-order valence-corrected chi connectivity index (χ4v) is 3.43. The van der Waals surface area contributed by atoms with Crippen LogP contribution in [0.3, 0.4) is 0 Å². The molecular formula is C27H25FN2O7. The van der Waals surface area contributed by atoms with Crippen molar-refractivity contribution < 1.29 is 38.1 Å². The van der Waals surface area contributed by atoms with E-state index in [1.807, 2.05) is 0 Å². The van der Waals surface area contributed by atoms with Crippen molar-refractivity contribution in [3.63, 3.8) is 0 Å². The summed E-state index contributed by atoms with van der Waals surface area (Å²) in [5, 5.41) is 14.6. The van der Waals surface area contributed by atoms with Crippen LogP contribution in [0.2, 0.25) is 0 Å².